The highest BCUT2D eigenvalue weighted by molar-refractivity contribution is 8.18. The van der Waals surface area contributed by atoms with Crippen molar-refractivity contribution in [2.24, 2.45) is 0 Å². The number of aryl methyl sites for hydroxylation is 1. The van der Waals surface area contributed by atoms with Crippen molar-refractivity contribution >= 4 is 62.9 Å². The number of benzene rings is 4. The Balaban J connectivity index is 1.23. The Morgan fingerprint density at radius 2 is 1.63 bits per heavy atom. The molecule has 0 aromatic heterocycles. The van der Waals surface area contributed by atoms with E-state index < -0.39 is 23.6 Å². The first-order valence-electron chi connectivity index (χ1n) is 13.6. The zero-order valence-electron chi connectivity index (χ0n) is 23.6. The number of nitrogens with one attached hydrogen (secondary N) is 2. The molecular formula is C33H29N3O6S. The Kier molecular flexibility index (Phi) is 9.07. The van der Waals surface area contributed by atoms with Crippen molar-refractivity contribution < 1.29 is 28.7 Å². The van der Waals surface area contributed by atoms with Crippen LogP contribution in [0.3, 0.4) is 0 Å². The van der Waals surface area contributed by atoms with Gasteiger partial charge >= 0.3 is 0 Å². The number of anilines is 2. The zero-order chi connectivity index (χ0) is 30.3. The van der Waals surface area contributed by atoms with E-state index in [1.54, 1.807) is 30.3 Å². The third kappa shape index (κ3) is 7.22. The van der Waals surface area contributed by atoms with E-state index in [1.165, 1.54) is 0 Å². The first kappa shape index (κ1) is 29.4. The molecular weight excluding hydrogens is 566 g/mol. The van der Waals surface area contributed by atoms with Crippen LogP contribution in [0.15, 0.2) is 89.8 Å². The predicted octanol–water partition coefficient (Wildman–Crippen LogP) is 6.24. The SMILES string of the molecule is CCOc1cc(/C=C2\SC(=O)N(CC(=O)Nc3cccc4ccccc34)C2=O)ccc1OCC(=O)Nc1ccc(C)cc1. The van der Waals surface area contributed by atoms with E-state index in [0.717, 1.165) is 33.0 Å². The van der Waals surface area contributed by atoms with Gasteiger partial charge in [-0.15, -0.1) is 0 Å². The number of hydrogen-bond donors (Lipinski definition) is 2. The summed E-state index contributed by atoms with van der Waals surface area (Å²) in [4.78, 5) is 52.0. The maximum Gasteiger partial charge on any atom is 0.294 e. The summed E-state index contributed by atoms with van der Waals surface area (Å²) in [7, 11) is 0. The lowest BCUT2D eigenvalue weighted by Gasteiger charge is -2.14. The molecule has 218 valence electrons. The molecule has 43 heavy (non-hydrogen) atoms. The van der Waals surface area contributed by atoms with Gasteiger partial charge in [-0.2, -0.15) is 0 Å². The number of fused-ring (bicyclic) bond motifs is 1. The lowest BCUT2D eigenvalue weighted by Crippen LogP contribution is -2.36. The van der Waals surface area contributed by atoms with Crippen molar-refractivity contribution in [3.05, 3.63) is 101 Å². The largest absolute Gasteiger partial charge is 0.490 e. The smallest absolute Gasteiger partial charge is 0.294 e. The van der Waals surface area contributed by atoms with E-state index in [0.29, 0.717) is 35.0 Å². The summed E-state index contributed by atoms with van der Waals surface area (Å²) in [6.07, 6.45) is 1.56. The number of amides is 4. The summed E-state index contributed by atoms with van der Waals surface area (Å²) >= 11 is 0.760. The summed E-state index contributed by atoms with van der Waals surface area (Å²) in [5.41, 5.74) is 2.94. The second kappa shape index (κ2) is 13.3. The van der Waals surface area contributed by atoms with Crippen molar-refractivity contribution in [3.63, 3.8) is 0 Å². The van der Waals surface area contributed by atoms with Crippen LogP contribution in [0.4, 0.5) is 16.2 Å². The molecule has 1 heterocycles. The summed E-state index contributed by atoms with van der Waals surface area (Å²) in [5.74, 6) is -0.626. The number of rotatable bonds is 10. The molecule has 0 spiro atoms. The highest BCUT2D eigenvalue weighted by Crippen LogP contribution is 2.35. The number of thioether (sulfide) groups is 1. The summed E-state index contributed by atoms with van der Waals surface area (Å²) < 4.78 is 11.4. The van der Waals surface area contributed by atoms with E-state index in [4.69, 9.17) is 9.47 Å². The van der Waals surface area contributed by atoms with Gasteiger partial charge in [0.2, 0.25) is 5.91 Å². The van der Waals surface area contributed by atoms with Crippen LogP contribution in [0.1, 0.15) is 18.1 Å². The first-order chi connectivity index (χ1) is 20.8. The molecule has 2 N–H and O–H groups in total. The Bertz CT molecular complexity index is 1730. The Labute approximate surface area is 252 Å². The van der Waals surface area contributed by atoms with Gasteiger partial charge < -0.3 is 20.1 Å². The summed E-state index contributed by atoms with van der Waals surface area (Å²) in [6.45, 7) is 3.48. The molecule has 4 amide bonds. The molecule has 4 aromatic rings. The van der Waals surface area contributed by atoms with Crippen molar-refractivity contribution in [3.8, 4) is 11.5 Å². The van der Waals surface area contributed by atoms with Gasteiger partial charge in [0.25, 0.3) is 17.1 Å². The molecule has 0 radical (unpaired) electrons. The van der Waals surface area contributed by atoms with Crippen LogP contribution < -0.4 is 20.1 Å². The van der Waals surface area contributed by atoms with Crippen LogP contribution in [-0.4, -0.2) is 47.6 Å². The quantitative estimate of drug-likeness (QED) is 0.209. The standard InChI is InChI=1S/C33H29N3O6S/c1-3-41-28-17-22(13-16-27(28)42-20-31(38)34-24-14-11-21(2)12-15-24)18-29-32(39)36(33(40)43-29)19-30(37)35-26-10-6-8-23-7-4-5-9-25(23)26/h4-18H,3,19-20H2,1-2H3,(H,34,38)(H,35,37)/b29-18-. The lowest BCUT2D eigenvalue weighted by molar-refractivity contribution is -0.127. The fourth-order valence-electron chi connectivity index (χ4n) is 4.43. The van der Waals surface area contributed by atoms with Gasteiger partial charge in [0.1, 0.15) is 6.54 Å². The molecule has 0 saturated carbocycles. The zero-order valence-corrected chi connectivity index (χ0v) is 24.4. The Morgan fingerprint density at radius 3 is 2.42 bits per heavy atom. The molecule has 1 saturated heterocycles. The molecule has 9 nitrogen and oxygen atoms in total. The minimum atomic E-state index is -0.561. The van der Waals surface area contributed by atoms with Gasteiger partial charge in [-0.05, 0) is 73.0 Å². The van der Waals surface area contributed by atoms with Crippen molar-refractivity contribution in [1.29, 1.82) is 0 Å². The molecule has 5 rings (SSSR count). The summed E-state index contributed by atoms with van der Waals surface area (Å²) in [5, 5.41) is 6.87. The lowest BCUT2D eigenvalue weighted by atomic mass is 10.1. The van der Waals surface area contributed by atoms with E-state index in [9.17, 15) is 19.2 Å². The third-order valence-electron chi connectivity index (χ3n) is 6.50. The molecule has 0 bridgehead atoms. The van der Waals surface area contributed by atoms with Crippen molar-refractivity contribution in [2.45, 2.75) is 13.8 Å². The summed E-state index contributed by atoms with van der Waals surface area (Å²) in [6, 6.07) is 25.6. The average Bonchev–Trinajstić information content (AvgIpc) is 3.25. The maximum absolute atomic E-state index is 13.1. The highest BCUT2D eigenvalue weighted by Gasteiger charge is 2.36. The van der Waals surface area contributed by atoms with Crippen molar-refractivity contribution in [2.75, 3.05) is 30.4 Å². The van der Waals surface area contributed by atoms with E-state index >= 15 is 0 Å². The van der Waals surface area contributed by atoms with Crippen molar-refractivity contribution in [1.82, 2.24) is 4.90 Å². The number of ether oxygens (including phenoxy) is 2. The number of hydrogen-bond acceptors (Lipinski definition) is 7. The van der Waals surface area contributed by atoms with Gasteiger partial charge in [0.15, 0.2) is 18.1 Å². The highest BCUT2D eigenvalue weighted by atomic mass is 32.2. The van der Waals surface area contributed by atoms with Crippen LogP contribution in [-0.2, 0) is 14.4 Å². The van der Waals surface area contributed by atoms with Crippen LogP contribution in [0.2, 0.25) is 0 Å². The second-order valence-corrected chi connectivity index (χ2v) is 10.7. The van der Waals surface area contributed by atoms with Crippen LogP contribution in [0.25, 0.3) is 16.8 Å². The minimum absolute atomic E-state index is 0.177. The molecule has 0 atom stereocenters. The molecule has 1 aliphatic heterocycles. The first-order valence-corrected chi connectivity index (χ1v) is 14.4. The number of carbonyl (C=O) groups is 4. The molecule has 1 aliphatic rings. The fourth-order valence-corrected chi connectivity index (χ4v) is 5.27. The molecule has 0 unspecified atom stereocenters. The van der Waals surface area contributed by atoms with Crippen LogP contribution >= 0.6 is 11.8 Å². The normalized spacial score (nSPS) is 13.8. The fraction of sp³-hybridized carbons (Fsp3) is 0.152. The van der Waals surface area contributed by atoms with E-state index in [-0.39, 0.29) is 17.4 Å². The second-order valence-electron chi connectivity index (χ2n) is 9.68. The van der Waals surface area contributed by atoms with E-state index in [1.807, 2.05) is 74.5 Å². The monoisotopic (exact) mass is 595 g/mol. The van der Waals surface area contributed by atoms with Gasteiger partial charge in [-0.1, -0.05) is 60.2 Å². The molecule has 0 aliphatic carbocycles. The average molecular weight is 596 g/mol. The number of carbonyl (C=O) groups excluding carboxylic acids is 4. The van der Waals surface area contributed by atoms with Crippen LogP contribution in [0, 0.1) is 6.92 Å². The van der Waals surface area contributed by atoms with Gasteiger partial charge in [0, 0.05) is 16.8 Å². The number of imide groups is 1. The van der Waals surface area contributed by atoms with Gasteiger partial charge in [0.05, 0.1) is 11.5 Å². The Hall–Kier alpha value is -5.09. The molecule has 10 heteroatoms. The Morgan fingerprint density at radius 1 is 0.860 bits per heavy atom. The number of nitrogens with zero attached hydrogens (tertiary/aromatic N) is 1. The van der Waals surface area contributed by atoms with Gasteiger partial charge in [-0.3, -0.25) is 24.1 Å². The van der Waals surface area contributed by atoms with Crippen LogP contribution in [0.5, 0.6) is 11.5 Å². The molecule has 1 fully saturated rings. The minimum Gasteiger partial charge on any atom is -0.490 e. The van der Waals surface area contributed by atoms with E-state index in [2.05, 4.69) is 10.6 Å². The predicted molar refractivity (Wildman–Crippen MR) is 168 cm³/mol. The molecule has 4 aromatic carbocycles. The van der Waals surface area contributed by atoms with Gasteiger partial charge in [-0.25, -0.2) is 0 Å². The maximum atomic E-state index is 13.1. The third-order valence-corrected chi connectivity index (χ3v) is 7.41. The topological polar surface area (TPSA) is 114 Å².